The average molecular weight is 453 g/mol. The van der Waals surface area contributed by atoms with E-state index >= 15 is 0 Å². The molecular formula is C20H28IN3O. The van der Waals surface area contributed by atoms with E-state index in [4.69, 9.17) is 4.74 Å². The van der Waals surface area contributed by atoms with E-state index in [2.05, 4.69) is 53.7 Å². The topological polar surface area (TPSA) is 45.7 Å². The first-order chi connectivity index (χ1) is 11.8. The van der Waals surface area contributed by atoms with E-state index in [1.165, 1.54) is 16.7 Å². The van der Waals surface area contributed by atoms with Crippen molar-refractivity contribution in [1.29, 1.82) is 0 Å². The molecule has 2 N–H and O–H groups in total. The summed E-state index contributed by atoms with van der Waals surface area (Å²) in [5, 5.41) is 6.49. The maximum absolute atomic E-state index is 5.87. The summed E-state index contributed by atoms with van der Waals surface area (Å²) < 4.78 is 5.87. The van der Waals surface area contributed by atoms with Crippen LogP contribution in [0.1, 0.15) is 30.5 Å². The van der Waals surface area contributed by atoms with Gasteiger partial charge in [-0.05, 0) is 30.5 Å². The van der Waals surface area contributed by atoms with Crippen molar-refractivity contribution in [2.24, 2.45) is 4.99 Å². The van der Waals surface area contributed by atoms with Crippen LogP contribution in [-0.4, -0.2) is 19.0 Å². The van der Waals surface area contributed by atoms with E-state index in [0.29, 0.717) is 19.8 Å². The van der Waals surface area contributed by atoms with Crippen molar-refractivity contribution in [1.82, 2.24) is 10.6 Å². The second-order valence-electron chi connectivity index (χ2n) is 5.47. The van der Waals surface area contributed by atoms with Gasteiger partial charge in [-0.2, -0.15) is 0 Å². The Labute approximate surface area is 168 Å². The molecule has 2 aromatic carbocycles. The smallest absolute Gasteiger partial charge is 0.191 e. The summed E-state index contributed by atoms with van der Waals surface area (Å²) in [6.45, 7) is 7.70. The van der Waals surface area contributed by atoms with Crippen LogP contribution in [0.15, 0.2) is 59.6 Å². The number of nitrogens with one attached hydrogen (secondary N) is 2. The number of hydrogen-bond acceptors (Lipinski definition) is 2. The van der Waals surface area contributed by atoms with E-state index in [-0.39, 0.29) is 24.0 Å². The fourth-order valence-electron chi connectivity index (χ4n) is 2.38. The van der Waals surface area contributed by atoms with Crippen LogP contribution in [0.5, 0.6) is 0 Å². The molecule has 0 aliphatic rings. The maximum atomic E-state index is 5.87. The molecule has 0 heterocycles. The third-order valence-corrected chi connectivity index (χ3v) is 3.58. The summed E-state index contributed by atoms with van der Waals surface area (Å²) in [4.78, 5) is 4.64. The van der Waals surface area contributed by atoms with Gasteiger partial charge < -0.3 is 15.4 Å². The zero-order valence-electron chi connectivity index (χ0n) is 15.0. The highest BCUT2D eigenvalue weighted by Gasteiger charge is 2.03. The quantitative estimate of drug-likeness (QED) is 0.360. The first kappa shape index (κ1) is 21.4. The van der Waals surface area contributed by atoms with Crippen LogP contribution >= 0.6 is 24.0 Å². The molecule has 2 rings (SSSR count). The van der Waals surface area contributed by atoms with Crippen molar-refractivity contribution in [3.05, 3.63) is 71.3 Å². The van der Waals surface area contributed by atoms with Crippen molar-refractivity contribution >= 4 is 29.9 Å². The predicted octanol–water partition coefficient (Wildman–Crippen LogP) is 4.10. The van der Waals surface area contributed by atoms with Crippen molar-refractivity contribution in [3.63, 3.8) is 0 Å². The molecule has 25 heavy (non-hydrogen) atoms. The SMILES string of the molecule is CCNC(=NCc1ccccc1COCc1ccccc1)NCC.I. The summed E-state index contributed by atoms with van der Waals surface area (Å²) in [6, 6.07) is 18.5. The minimum atomic E-state index is 0. The summed E-state index contributed by atoms with van der Waals surface area (Å²) in [5.41, 5.74) is 3.57. The molecular weight excluding hydrogens is 425 g/mol. The highest BCUT2D eigenvalue weighted by molar-refractivity contribution is 14.0. The van der Waals surface area contributed by atoms with Crippen LogP contribution in [-0.2, 0) is 24.5 Å². The molecule has 0 radical (unpaired) electrons. The number of guanidine groups is 1. The normalized spacial score (nSPS) is 9.84. The van der Waals surface area contributed by atoms with Crippen LogP contribution in [0.25, 0.3) is 0 Å². The monoisotopic (exact) mass is 453 g/mol. The van der Waals surface area contributed by atoms with E-state index in [1.54, 1.807) is 0 Å². The standard InChI is InChI=1S/C20H27N3O.HI/c1-3-21-20(22-4-2)23-14-18-12-8-9-13-19(18)16-24-15-17-10-6-5-7-11-17;/h5-13H,3-4,14-16H2,1-2H3,(H2,21,22,23);1H. The average Bonchev–Trinajstić information content (AvgIpc) is 2.62. The number of benzene rings is 2. The Morgan fingerprint density at radius 3 is 2.08 bits per heavy atom. The molecule has 0 saturated carbocycles. The minimum absolute atomic E-state index is 0. The summed E-state index contributed by atoms with van der Waals surface area (Å²) in [5.74, 6) is 0.847. The van der Waals surface area contributed by atoms with Crippen molar-refractivity contribution in [2.75, 3.05) is 13.1 Å². The van der Waals surface area contributed by atoms with Crippen LogP contribution in [0.3, 0.4) is 0 Å². The van der Waals surface area contributed by atoms with Gasteiger partial charge in [0.15, 0.2) is 5.96 Å². The molecule has 0 bridgehead atoms. The first-order valence-electron chi connectivity index (χ1n) is 8.54. The number of halogens is 1. The molecule has 0 aromatic heterocycles. The Kier molecular flexibility index (Phi) is 10.9. The molecule has 136 valence electrons. The number of nitrogens with zero attached hydrogens (tertiary/aromatic N) is 1. The number of hydrogen-bond donors (Lipinski definition) is 2. The van der Waals surface area contributed by atoms with E-state index in [1.807, 2.05) is 30.3 Å². The lowest BCUT2D eigenvalue weighted by atomic mass is 10.1. The van der Waals surface area contributed by atoms with Crippen molar-refractivity contribution < 1.29 is 4.74 Å². The Morgan fingerprint density at radius 1 is 0.840 bits per heavy atom. The molecule has 2 aromatic rings. The minimum Gasteiger partial charge on any atom is -0.372 e. The van der Waals surface area contributed by atoms with Gasteiger partial charge >= 0.3 is 0 Å². The number of aliphatic imine (C=N–C) groups is 1. The molecule has 0 amide bonds. The largest absolute Gasteiger partial charge is 0.372 e. The summed E-state index contributed by atoms with van der Waals surface area (Å²) in [6.07, 6.45) is 0. The van der Waals surface area contributed by atoms with Gasteiger partial charge in [0.2, 0.25) is 0 Å². The zero-order chi connectivity index (χ0) is 17.0. The first-order valence-corrected chi connectivity index (χ1v) is 8.54. The molecule has 0 saturated heterocycles. The summed E-state index contributed by atoms with van der Waals surface area (Å²) in [7, 11) is 0. The Hall–Kier alpha value is -1.60. The molecule has 0 spiro atoms. The molecule has 0 aliphatic heterocycles. The lowest BCUT2D eigenvalue weighted by Gasteiger charge is -2.11. The van der Waals surface area contributed by atoms with Gasteiger partial charge in [-0.1, -0.05) is 54.6 Å². The van der Waals surface area contributed by atoms with Crippen LogP contribution in [0, 0.1) is 0 Å². The number of rotatable bonds is 8. The Balaban J connectivity index is 0.00000312. The lowest BCUT2D eigenvalue weighted by Crippen LogP contribution is -2.37. The lowest BCUT2D eigenvalue weighted by molar-refractivity contribution is 0.106. The van der Waals surface area contributed by atoms with E-state index in [0.717, 1.165) is 19.0 Å². The molecule has 4 nitrogen and oxygen atoms in total. The van der Waals surface area contributed by atoms with Crippen molar-refractivity contribution in [2.45, 2.75) is 33.6 Å². The third-order valence-electron chi connectivity index (χ3n) is 3.58. The second-order valence-corrected chi connectivity index (χ2v) is 5.47. The summed E-state index contributed by atoms with van der Waals surface area (Å²) >= 11 is 0. The van der Waals surface area contributed by atoms with Crippen molar-refractivity contribution in [3.8, 4) is 0 Å². The molecule has 0 aliphatic carbocycles. The van der Waals surface area contributed by atoms with Gasteiger partial charge in [0.05, 0.1) is 19.8 Å². The predicted molar refractivity (Wildman–Crippen MR) is 115 cm³/mol. The highest BCUT2D eigenvalue weighted by Crippen LogP contribution is 2.13. The fraction of sp³-hybridized carbons (Fsp3) is 0.350. The zero-order valence-corrected chi connectivity index (χ0v) is 17.3. The molecule has 0 unspecified atom stereocenters. The maximum Gasteiger partial charge on any atom is 0.191 e. The van der Waals surface area contributed by atoms with Gasteiger partial charge in [-0.3, -0.25) is 0 Å². The van der Waals surface area contributed by atoms with E-state index in [9.17, 15) is 0 Å². The number of ether oxygens (including phenoxy) is 1. The molecule has 0 atom stereocenters. The van der Waals surface area contributed by atoms with Gasteiger partial charge in [0, 0.05) is 13.1 Å². The van der Waals surface area contributed by atoms with Crippen LogP contribution in [0.4, 0.5) is 0 Å². The molecule has 0 fully saturated rings. The van der Waals surface area contributed by atoms with Crippen LogP contribution in [0.2, 0.25) is 0 Å². The Bertz CT molecular complexity index is 624. The Morgan fingerprint density at radius 2 is 1.44 bits per heavy atom. The van der Waals surface area contributed by atoms with E-state index < -0.39 is 0 Å². The molecule has 5 heteroatoms. The fourth-order valence-corrected chi connectivity index (χ4v) is 2.38. The van der Waals surface area contributed by atoms with Gasteiger partial charge in [-0.25, -0.2) is 4.99 Å². The van der Waals surface area contributed by atoms with Gasteiger partial charge in [0.1, 0.15) is 0 Å². The van der Waals surface area contributed by atoms with Crippen LogP contribution < -0.4 is 10.6 Å². The highest BCUT2D eigenvalue weighted by atomic mass is 127. The second kappa shape index (κ2) is 12.7. The van der Waals surface area contributed by atoms with Gasteiger partial charge in [0.25, 0.3) is 0 Å². The van der Waals surface area contributed by atoms with Gasteiger partial charge in [-0.15, -0.1) is 24.0 Å². The third kappa shape index (κ3) is 7.88.